The molecule has 2 bridgehead atoms. The lowest BCUT2D eigenvalue weighted by Crippen LogP contribution is -2.27. The molecular formula is C14H12BrNOS. The summed E-state index contributed by atoms with van der Waals surface area (Å²) in [6.45, 7) is 0. The highest BCUT2D eigenvalue weighted by Crippen LogP contribution is 2.46. The maximum absolute atomic E-state index is 6.02. The van der Waals surface area contributed by atoms with Gasteiger partial charge in [0.05, 0.1) is 21.6 Å². The van der Waals surface area contributed by atoms with Crippen LogP contribution >= 0.6 is 27.3 Å². The first kappa shape index (κ1) is 11.0. The topological polar surface area (TPSA) is 12.5 Å². The highest BCUT2D eigenvalue weighted by atomic mass is 79.9. The number of hydroxylamine groups is 1. The molecule has 0 amide bonds. The van der Waals surface area contributed by atoms with Gasteiger partial charge in [-0.05, 0) is 39.7 Å². The van der Waals surface area contributed by atoms with E-state index in [-0.39, 0.29) is 0 Å². The monoisotopic (exact) mass is 321 g/mol. The Morgan fingerprint density at radius 2 is 2.11 bits per heavy atom. The van der Waals surface area contributed by atoms with Crippen LogP contribution in [0.4, 0.5) is 5.69 Å². The van der Waals surface area contributed by atoms with E-state index in [9.17, 15) is 0 Å². The third kappa shape index (κ3) is 1.63. The van der Waals surface area contributed by atoms with Crippen molar-refractivity contribution in [1.82, 2.24) is 0 Å². The Hall–Kier alpha value is -0.840. The molecule has 3 heterocycles. The van der Waals surface area contributed by atoms with Gasteiger partial charge in [0.2, 0.25) is 0 Å². The molecule has 4 heteroatoms. The van der Waals surface area contributed by atoms with E-state index in [0.29, 0.717) is 12.1 Å². The van der Waals surface area contributed by atoms with E-state index in [4.69, 9.17) is 4.84 Å². The first-order valence-corrected chi connectivity index (χ1v) is 7.71. The standard InChI is InChI=1S/C14H12BrNOS/c15-14-6-5-13(18-14)12-8-10-7-9-3-1-2-4-11(9)16(12)17-10/h1-6,10,12H,7-8H2/t10-,12+/m1/s1. The molecule has 1 fully saturated rings. The number of anilines is 1. The van der Waals surface area contributed by atoms with Crippen LogP contribution in [0, 0.1) is 0 Å². The molecule has 2 atom stereocenters. The molecule has 4 rings (SSSR count). The first-order chi connectivity index (χ1) is 8.81. The quantitative estimate of drug-likeness (QED) is 0.775. The summed E-state index contributed by atoms with van der Waals surface area (Å²) in [7, 11) is 0. The molecule has 0 radical (unpaired) electrons. The van der Waals surface area contributed by atoms with E-state index in [2.05, 4.69) is 57.4 Å². The fourth-order valence-electron chi connectivity index (χ4n) is 2.85. The molecule has 0 aliphatic carbocycles. The fraction of sp³-hybridized carbons (Fsp3) is 0.286. The molecule has 1 aromatic heterocycles. The second-order valence-corrected chi connectivity index (χ2v) is 7.27. The molecule has 1 saturated heterocycles. The van der Waals surface area contributed by atoms with Crippen molar-refractivity contribution < 1.29 is 4.84 Å². The van der Waals surface area contributed by atoms with Crippen LogP contribution in [0.15, 0.2) is 40.2 Å². The SMILES string of the molecule is Brc1ccc([C@@H]2C[C@H]3Cc4ccccc4N2O3)s1. The molecule has 92 valence electrons. The van der Waals surface area contributed by atoms with Crippen LogP contribution in [-0.2, 0) is 11.3 Å². The van der Waals surface area contributed by atoms with Crippen molar-refractivity contribution in [3.63, 3.8) is 0 Å². The van der Waals surface area contributed by atoms with E-state index < -0.39 is 0 Å². The minimum absolute atomic E-state index is 0.339. The normalized spacial score (nSPS) is 25.3. The Kier molecular flexibility index (Phi) is 2.50. The lowest BCUT2D eigenvalue weighted by atomic mass is 10.0. The maximum Gasteiger partial charge on any atom is 0.0933 e. The second-order valence-electron chi connectivity index (χ2n) is 4.78. The average molecular weight is 322 g/mol. The fourth-order valence-corrected chi connectivity index (χ4v) is 4.37. The third-order valence-electron chi connectivity index (χ3n) is 3.63. The minimum atomic E-state index is 0.339. The molecule has 0 unspecified atom stereocenters. The molecule has 0 N–H and O–H groups in total. The van der Waals surface area contributed by atoms with Gasteiger partial charge < -0.3 is 0 Å². The largest absolute Gasteiger partial charge is 0.269 e. The van der Waals surface area contributed by atoms with Crippen LogP contribution in [0.5, 0.6) is 0 Å². The Labute approximate surface area is 118 Å². The van der Waals surface area contributed by atoms with Crippen LogP contribution in [0.3, 0.4) is 0 Å². The summed E-state index contributed by atoms with van der Waals surface area (Å²) in [5.74, 6) is 0. The van der Waals surface area contributed by atoms with Crippen molar-refractivity contribution in [2.24, 2.45) is 0 Å². The number of thiophene rings is 1. The smallest absolute Gasteiger partial charge is 0.0933 e. The van der Waals surface area contributed by atoms with E-state index in [1.165, 1.54) is 19.9 Å². The van der Waals surface area contributed by atoms with Gasteiger partial charge in [0.15, 0.2) is 0 Å². The van der Waals surface area contributed by atoms with Crippen molar-refractivity contribution in [3.05, 3.63) is 50.6 Å². The van der Waals surface area contributed by atoms with Gasteiger partial charge >= 0.3 is 0 Å². The highest BCUT2D eigenvalue weighted by Gasteiger charge is 2.40. The second kappa shape index (κ2) is 4.08. The number of rotatable bonds is 1. The summed E-state index contributed by atoms with van der Waals surface area (Å²) in [4.78, 5) is 7.40. The third-order valence-corrected chi connectivity index (χ3v) is 5.36. The van der Waals surface area contributed by atoms with Crippen molar-refractivity contribution in [2.75, 3.05) is 5.06 Å². The zero-order chi connectivity index (χ0) is 12.1. The summed E-state index contributed by atoms with van der Waals surface area (Å²) in [5, 5.41) is 2.11. The summed E-state index contributed by atoms with van der Waals surface area (Å²) in [5.41, 5.74) is 2.65. The van der Waals surface area contributed by atoms with Gasteiger partial charge in [0.1, 0.15) is 0 Å². The number of para-hydroxylation sites is 1. The van der Waals surface area contributed by atoms with Crippen LogP contribution in [-0.4, -0.2) is 6.10 Å². The molecule has 0 saturated carbocycles. The van der Waals surface area contributed by atoms with Gasteiger partial charge in [-0.25, -0.2) is 5.06 Å². The van der Waals surface area contributed by atoms with Crippen molar-refractivity contribution >= 4 is 33.0 Å². The molecule has 0 spiro atoms. The van der Waals surface area contributed by atoms with E-state index in [1.54, 1.807) is 11.3 Å². The van der Waals surface area contributed by atoms with Crippen LogP contribution in [0.2, 0.25) is 0 Å². The number of hydrogen-bond donors (Lipinski definition) is 0. The Morgan fingerprint density at radius 1 is 1.22 bits per heavy atom. The van der Waals surface area contributed by atoms with Gasteiger partial charge in [-0.3, -0.25) is 4.84 Å². The van der Waals surface area contributed by atoms with Crippen molar-refractivity contribution in [1.29, 1.82) is 0 Å². The van der Waals surface area contributed by atoms with Crippen LogP contribution in [0.25, 0.3) is 0 Å². The Bertz CT molecular complexity index is 597. The zero-order valence-electron chi connectivity index (χ0n) is 9.67. The number of fused-ring (bicyclic) bond motifs is 4. The predicted octanol–water partition coefficient (Wildman–Crippen LogP) is 4.32. The molecular weight excluding hydrogens is 310 g/mol. The molecule has 2 aromatic rings. The number of nitrogens with zero attached hydrogens (tertiary/aromatic N) is 1. The Balaban J connectivity index is 1.77. The number of benzene rings is 1. The van der Waals surface area contributed by atoms with Crippen molar-refractivity contribution in [3.8, 4) is 0 Å². The predicted molar refractivity (Wildman–Crippen MR) is 76.9 cm³/mol. The van der Waals surface area contributed by atoms with Gasteiger partial charge in [0.25, 0.3) is 0 Å². The lowest BCUT2D eigenvalue weighted by molar-refractivity contribution is 0.0736. The number of hydrogen-bond acceptors (Lipinski definition) is 3. The summed E-state index contributed by atoms with van der Waals surface area (Å²) in [6.07, 6.45) is 2.46. The molecule has 18 heavy (non-hydrogen) atoms. The average Bonchev–Trinajstić information content (AvgIpc) is 2.94. The van der Waals surface area contributed by atoms with Gasteiger partial charge in [-0.2, -0.15) is 0 Å². The van der Waals surface area contributed by atoms with Crippen LogP contribution in [0.1, 0.15) is 22.9 Å². The molecule has 2 aliphatic rings. The lowest BCUT2D eigenvalue weighted by Gasteiger charge is -2.29. The zero-order valence-corrected chi connectivity index (χ0v) is 12.1. The van der Waals surface area contributed by atoms with Gasteiger partial charge in [0, 0.05) is 17.7 Å². The molecule has 1 aromatic carbocycles. The molecule has 2 aliphatic heterocycles. The highest BCUT2D eigenvalue weighted by molar-refractivity contribution is 9.11. The van der Waals surface area contributed by atoms with Crippen LogP contribution < -0.4 is 5.06 Å². The Morgan fingerprint density at radius 3 is 2.94 bits per heavy atom. The van der Waals surface area contributed by atoms with E-state index >= 15 is 0 Å². The van der Waals surface area contributed by atoms with Gasteiger partial charge in [-0.15, -0.1) is 11.3 Å². The van der Waals surface area contributed by atoms with Crippen molar-refractivity contribution in [2.45, 2.75) is 25.0 Å². The molecule has 2 nitrogen and oxygen atoms in total. The van der Waals surface area contributed by atoms with Gasteiger partial charge in [-0.1, -0.05) is 18.2 Å². The summed E-state index contributed by atoms with van der Waals surface area (Å²) < 4.78 is 1.19. The summed E-state index contributed by atoms with van der Waals surface area (Å²) >= 11 is 5.35. The first-order valence-electron chi connectivity index (χ1n) is 6.10. The number of halogens is 1. The van der Waals surface area contributed by atoms with E-state index in [0.717, 1.165) is 12.8 Å². The maximum atomic E-state index is 6.02. The van der Waals surface area contributed by atoms with E-state index in [1.807, 2.05) is 0 Å². The minimum Gasteiger partial charge on any atom is -0.269 e. The summed E-state index contributed by atoms with van der Waals surface area (Å²) in [6, 6.07) is 13.3.